The van der Waals surface area contributed by atoms with Gasteiger partial charge in [0.2, 0.25) is 11.8 Å². The van der Waals surface area contributed by atoms with E-state index in [1.807, 2.05) is 58.0 Å². The second-order valence-electron chi connectivity index (χ2n) is 7.13. The van der Waals surface area contributed by atoms with Crippen LogP contribution in [0.4, 0.5) is 0 Å². The average molecular weight is 384 g/mol. The quantitative estimate of drug-likeness (QED) is 0.580. The van der Waals surface area contributed by atoms with Crippen LogP contribution in [-0.4, -0.2) is 30.4 Å². The van der Waals surface area contributed by atoms with E-state index in [1.165, 1.54) is 5.56 Å². The highest BCUT2D eigenvalue weighted by molar-refractivity contribution is 5.89. The van der Waals surface area contributed by atoms with Crippen LogP contribution in [0.1, 0.15) is 46.1 Å². The molecule has 0 saturated carbocycles. The molecule has 0 aliphatic heterocycles. The molecule has 0 radical (unpaired) electrons. The van der Waals surface area contributed by atoms with Crippen LogP contribution >= 0.6 is 12.4 Å². The van der Waals surface area contributed by atoms with E-state index in [4.69, 9.17) is 5.73 Å². The van der Waals surface area contributed by atoms with E-state index in [-0.39, 0.29) is 30.1 Å². The summed E-state index contributed by atoms with van der Waals surface area (Å²) in [6.07, 6.45) is 2.18. The van der Waals surface area contributed by atoms with Crippen LogP contribution in [0, 0.1) is 11.8 Å². The molecule has 0 aromatic heterocycles. The molecule has 5 nitrogen and oxygen atoms in total. The van der Waals surface area contributed by atoms with Gasteiger partial charge in [-0.2, -0.15) is 0 Å². The number of carbonyl (C=O) groups excluding carboxylic acids is 2. The average Bonchev–Trinajstić information content (AvgIpc) is 2.60. The number of rotatable bonds is 10. The minimum atomic E-state index is -0.586. The number of halogens is 1. The Morgan fingerprint density at radius 3 is 2.23 bits per heavy atom. The van der Waals surface area contributed by atoms with Crippen molar-refractivity contribution in [3.05, 3.63) is 35.9 Å². The Hall–Kier alpha value is -1.59. The highest BCUT2D eigenvalue weighted by Gasteiger charge is 2.26. The van der Waals surface area contributed by atoms with Crippen molar-refractivity contribution < 1.29 is 9.59 Å². The molecular formula is C20H34ClN3O2. The van der Waals surface area contributed by atoms with Crippen LogP contribution < -0.4 is 16.4 Å². The van der Waals surface area contributed by atoms with Crippen molar-refractivity contribution in [1.82, 2.24) is 10.6 Å². The van der Waals surface area contributed by atoms with Crippen LogP contribution in [0.5, 0.6) is 0 Å². The van der Waals surface area contributed by atoms with Crippen molar-refractivity contribution in [3.63, 3.8) is 0 Å². The first-order valence-corrected chi connectivity index (χ1v) is 9.22. The molecule has 3 atom stereocenters. The topological polar surface area (TPSA) is 84.2 Å². The smallest absolute Gasteiger partial charge is 0.242 e. The van der Waals surface area contributed by atoms with E-state index in [0.717, 1.165) is 12.8 Å². The Labute approximate surface area is 163 Å². The lowest BCUT2D eigenvalue weighted by atomic mass is 9.97. The zero-order chi connectivity index (χ0) is 18.8. The van der Waals surface area contributed by atoms with E-state index in [1.54, 1.807) is 0 Å². The summed E-state index contributed by atoms with van der Waals surface area (Å²) in [6.45, 7) is 8.56. The molecule has 0 bridgehead atoms. The number of hydrogen-bond donors (Lipinski definition) is 3. The van der Waals surface area contributed by atoms with Gasteiger partial charge in [0, 0.05) is 6.54 Å². The zero-order valence-electron chi connectivity index (χ0n) is 16.3. The molecule has 0 aliphatic rings. The first-order chi connectivity index (χ1) is 11.8. The predicted molar refractivity (Wildman–Crippen MR) is 109 cm³/mol. The Balaban J connectivity index is 0.00000625. The van der Waals surface area contributed by atoms with Gasteiger partial charge in [-0.05, 0) is 30.2 Å². The lowest BCUT2D eigenvalue weighted by Gasteiger charge is -2.24. The third-order valence-electron chi connectivity index (χ3n) is 4.46. The van der Waals surface area contributed by atoms with Gasteiger partial charge in [-0.3, -0.25) is 9.59 Å². The Kier molecular flexibility index (Phi) is 11.9. The molecular weight excluding hydrogens is 350 g/mol. The number of nitrogens with two attached hydrogens (primary N) is 1. The number of hydrogen-bond acceptors (Lipinski definition) is 3. The third kappa shape index (κ3) is 8.68. The van der Waals surface area contributed by atoms with E-state index < -0.39 is 12.1 Å². The maximum Gasteiger partial charge on any atom is 0.242 e. The highest BCUT2D eigenvalue weighted by atomic mass is 35.5. The predicted octanol–water partition coefficient (Wildman–Crippen LogP) is 2.67. The molecule has 4 N–H and O–H groups in total. The fourth-order valence-corrected chi connectivity index (χ4v) is 2.58. The Morgan fingerprint density at radius 1 is 1.08 bits per heavy atom. The van der Waals surface area contributed by atoms with Crippen molar-refractivity contribution in [2.75, 3.05) is 6.54 Å². The summed E-state index contributed by atoms with van der Waals surface area (Å²) >= 11 is 0. The minimum absolute atomic E-state index is 0. The van der Waals surface area contributed by atoms with Gasteiger partial charge in [-0.15, -0.1) is 12.4 Å². The molecule has 1 unspecified atom stereocenters. The van der Waals surface area contributed by atoms with Gasteiger partial charge in [0.1, 0.15) is 6.04 Å². The Morgan fingerprint density at radius 2 is 1.69 bits per heavy atom. The second kappa shape index (κ2) is 12.7. The molecule has 1 aromatic carbocycles. The molecule has 26 heavy (non-hydrogen) atoms. The van der Waals surface area contributed by atoms with Crippen molar-refractivity contribution >= 4 is 24.2 Å². The molecule has 6 heteroatoms. The van der Waals surface area contributed by atoms with Gasteiger partial charge < -0.3 is 16.4 Å². The maximum absolute atomic E-state index is 12.5. The summed E-state index contributed by atoms with van der Waals surface area (Å²) in [6, 6.07) is 8.87. The van der Waals surface area contributed by atoms with Gasteiger partial charge in [-0.1, -0.05) is 64.4 Å². The van der Waals surface area contributed by atoms with E-state index in [2.05, 4.69) is 10.6 Å². The number of nitrogens with one attached hydrogen (secondary N) is 2. The number of carbonyl (C=O) groups is 2. The summed E-state index contributed by atoms with van der Waals surface area (Å²) in [5, 5.41) is 5.77. The van der Waals surface area contributed by atoms with Crippen molar-refractivity contribution in [1.29, 1.82) is 0 Å². The monoisotopic (exact) mass is 383 g/mol. The minimum Gasteiger partial charge on any atom is -0.354 e. The lowest BCUT2D eigenvalue weighted by Crippen LogP contribution is -2.53. The number of benzene rings is 1. The maximum atomic E-state index is 12.5. The van der Waals surface area contributed by atoms with Gasteiger partial charge in [0.25, 0.3) is 0 Å². The normalized spacial score (nSPS) is 14.1. The molecule has 1 aromatic rings. The summed E-state index contributed by atoms with van der Waals surface area (Å²) in [5.74, 6) is -0.0154. The number of amides is 2. The fourth-order valence-electron chi connectivity index (χ4n) is 2.58. The summed E-state index contributed by atoms with van der Waals surface area (Å²) in [7, 11) is 0. The highest BCUT2D eigenvalue weighted by Crippen LogP contribution is 2.09. The SMILES string of the molecule is CCC(C)[C@H](N)C(=O)N[C@@H](CC(C)C)C(=O)NCCc1ccccc1.Cl. The third-order valence-corrected chi connectivity index (χ3v) is 4.46. The van der Waals surface area contributed by atoms with E-state index >= 15 is 0 Å². The summed E-state index contributed by atoms with van der Waals surface area (Å²) < 4.78 is 0. The second-order valence-corrected chi connectivity index (χ2v) is 7.13. The van der Waals surface area contributed by atoms with Crippen LogP contribution in [0.3, 0.4) is 0 Å². The van der Waals surface area contributed by atoms with Crippen LogP contribution in [0.2, 0.25) is 0 Å². The molecule has 0 aliphatic carbocycles. The van der Waals surface area contributed by atoms with Gasteiger partial charge >= 0.3 is 0 Å². The molecule has 1 rings (SSSR count). The first kappa shape index (κ1) is 24.4. The van der Waals surface area contributed by atoms with Crippen molar-refractivity contribution in [3.8, 4) is 0 Å². The first-order valence-electron chi connectivity index (χ1n) is 9.22. The van der Waals surface area contributed by atoms with Gasteiger partial charge in [0.15, 0.2) is 0 Å². The molecule has 0 saturated heterocycles. The molecule has 0 fully saturated rings. The Bertz CT molecular complexity index is 537. The zero-order valence-corrected chi connectivity index (χ0v) is 17.1. The molecule has 0 spiro atoms. The fraction of sp³-hybridized carbons (Fsp3) is 0.600. The molecule has 2 amide bonds. The van der Waals surface area contributed by atoms with Crippen LogP contribution in [0.15, 0.2) is 30.3 Å². The van der Waals surface area contributed by atoms with Gasteiger partial charge in [-0.25, -0.2) is 0 Å². The summed E-state index contributed by atoms with van der Waals surface area (Å²) in [5.41, 5.74) is 7.16. The van der Waals surface area contributed by atoms with Gasteiger partial charge in [0.05, 0.1) is 6.04 Å². The molecule has 0 heterocycles. The van der Waals surface area contributed by atoms with E-state index in [9.17, 15) is 9.59 Å². The van der Waals surface area contributed by atoms with Crippen molar-refractivity contribution in [2.45, 2.75) is 59.0 Å². The molecule has 148 valence electrons. The van der Waals surface area contributed by atoms with Crippen molar-refractivity contribution in [2.24, 2.45) is 17.6 Å². The lowest BCUT2D eigenvalue weighted by molar-refractivity contribution is -0.130. The van der Waals surface area contributed by atoms with E-state index in [0.29, 0.717) is 18.9 Å². The summed E-state index contributed by atoms with van der Waals surface area (Å²) in [4.78, 5) is 24.8. The van der Waals surface area contributed by atoms with Crippen LogP contribution in [-0.2, 0) is 16.0 Å². The largest absolute Gasteiger partial charge is 0.354 e. The van der Waals surface area contributed by atoms with Crippen LogP contribution in [0.25, 0.3) is 0 Å². The standard InChI is InChI=1S/C20H33N3O2.ClH/c1-5-15(4)18(21)20(25)23-17(13-14(2)3)19(24)22-12-11-16-9-7-6-8-10-16;/h6-10,14-15,17-18H,5,11-13,21H2,1-4H3,(H,22,24)(H,23,25);1H/t15?,17-,18-;/m0./s1.